The molecule has 1 atom stereocenters. The maximum atomic E-state index is 13.7. The van der Waals surface area contributed by atoms with Crippen LogP contribution in [-0.2, 0) is 17.8 Å². The number of ether oxygens (including phenoxy) is 1. The Morgan fingerprint density at radius 1 is 1.06 bits per heavy atom. The Labute approximate surface area is 199 Å². The molecule has 2 aromatic carbocycles. The summed E-state index contributed by atoms with van der Waals surface area (Å²) in [5, 5.41) is 9.13. The van der Waals surface area contributed by atoms with Gasteiger partial charge in [0.2, 0.25) is 5.91 Å². The SMILES string of the molecule is COc1ccc(CNC(=O)NC2CC3(C2)CC(C(=O)NC2CCCc4ccc(F)cc42)C3)cc1. The van der Waals surface area contributed by atoms with E-state index in [-0.39, 0.29) is 41.2 Å². The molecule has 1 unspecified atom stereocenters. The number of halogens is 1. The maximum absolute atomic E-state index is 13.7. The molecule has 3 aliphatic carbocycles. The molecular formula is C27H32FN3O3. The van der Waals surface area contributed by atoms with Crippen molar-refractivity contribution in [2.24, 2.45) is 11.3 Å². The lowest BCUT2D eigenvalue weighted by Gasteiger charge is -2.57. The summed E-state index contributed by atoms with van der Waals surface area (Å²) in [6.45, 7) is 0.462. The number of urea groups is 1. The molecule has 0 saturated heterocycles. The van der Waals surface area contributed by atoms with Gasteiger partial charge in [0, 0.05) is 18.5 Å². The minimum atomic E-state index is -0.247. The smallest absolute Gasteiger partial charge is 0.315 e. The normalized spacial score (nSPS) is 27.1. The van der Waals surface area contributed by atoms with Gasteiger partial charge in [0.05, 0.1) is 13.2 Å². The highest BCUT2D eigenvalue weighted by Gasteiger charge is 2.55. The fourth-order valence-corrected chi connectivity index (χ4v) is 5.96. The summed E-state index contributed by atoms with van der Waals surface area (Å²) in [7, 11) is 1.63. The number of carbonyl (C=O) groups is 2. The van der Waals surface area contributed by atoms with E-state index in [4.69, 9.17) is 4.74 Å². The van der Waals surface area contributed by atoms with Crippen LogP contribution in [0.4, 0.5) is 9.18 Å². The van der Waals surface area contributed by atoms with Crippen LogP contribution in [0, 0.1) is 17.2 Å². The van der Waals surface area contributed by atoms with Gasteiger partial charge < -0.3 is 20.7 Å². The summed E-state index contributed by atoms with van der Waals surface area (Å²) < 4.78 is 18.9. The van der Waals surface area contributed by atoms with Gasteiger partial charge >= 0.3 is 6.03 Å². The average Bonchev–Trinajstić information content (AvgIpc) is 2.79. The van der Waals surface area contributed by atoms with Gasteiger partial charge in [0.1, 0.15) is 11.6 Å². The summed E-state index contributed by atoms with van der Waals surface area (Å²) in [5.41, 5.74) is 3.27. The number of hydrogen-bond acceptors (Lipinski definition) is 3. The van der Waals surface area contributed by atoms with Gasteiger partial charge in [-0.3, -0.25) is 4.79 Å². The largest absolute Gasteiger partial charge is 0.497 e. The van der Waals surface area contributed by atoms with Crippen LogP contribution in [0.5, 0.6) is 5.75 Å². The minimum Gasteiger partial charge on any atom is -0.497 e. The lowest BCUT2D eigenvalue weighted by atomic mass is 9.50. The molecule has 3 amide bonds. The Kier molecular flexibility index (Phi) is 6.19. The number of aryl methyl sites for hydroxylation is 1. The van der Waals surface area contributed by atoms with Crippen LogP contribution >= 0.6 is 0 Å². The molecule has 5 rings (SSSR count). The molecule has 0 bridgehead atoms. The van der Waals surface area contributed by atoms with Crippen LogP contribution in [0.3, 0.4) is 0 Å². The third kappa shape index (κ3) is 4.74. The first-order valence-corrected chi connectivity index (χ1v) is 12.2. The van der Waals surface area contributed by atoms with E-state index in [1.807, 2.05) is 30.3 Å². The monoisotopic (exact) mass is 465 g/mol. The standard InChI is InChI=1S/C27H32FN3O3/c1-34-22-9-5-17(6-10-22)16-29-26(33)30-21-14-27(15-21)12-19(13-27)25(32)31-24-4-2-3-18-7-8-20(28)11-23(18)24/h5-11,19,21,24H,2-4,12-16H2,1H3,(H,31,32)(H2,29,30,33). The highest BCUT2D eigenvalue weighted by molar-refractivity contribution is 5.80. The van der Waals surface area contributed by atoms with Crippen molar-refractivity contribution in [3.63, 3.8) is 0 Å². The Morgan fingerprint density at radius 3 is 2.56 bits per heavy atom. The Bertz CT molecular complexity index is 1060. The predicted molar refractivity (Wildman–Crippen MR) is 127 cm³/mol. The quantitative estimate of drug-likeness (QED) is 0.592. The van der Waals surface area contributed by atoms with Crippen molar-refractivity contribution in [1.82, 2.24) is 16.0 Å². The number of rotatable bonds is 6. The number of hydrogen-bond donors (Lipinski definition) is 3. The summed E-state index contributed by atoms with van der Waals surface area (Å²) >= 11 is 0. The summed E-state index contributed by atoms with van der Waals surface area (Å²) in [6, 6.07) is 12.4. The van der Waals surface area contributed by atoms with Crippen molar-refractivity contribution in [1.29, 1.82) is 0 Å². The van der Waals surface area contributed by atoms with Crippen LogP contribution < -0.4 is 20.7 Å². The van der Waals surface area contributed by atoms with E-state index < -0.39 is 0 Å². The fourth-order valence-electron chi connectivity index (χ4n) is 5.96. The second kappa shape index (κ2) is 9.28. The second-order valence-electron chi connectivity index (χ2n) is 10.2. The van der Waals surface area contributed by atoms with E-state index in [0.717, 1.165) is 67.4 Å². The van der Waals surface area contributed by atoms with Gasteiger partial charge in [0.15, 0.2) is 0 Å². The van der Waals surface area contributed by atoms with Crippen molar-refractivity contribution in [2.75, 3.05) is 7.11 Å². The molecule has 34 heavy (non-hydrogen) atoms. The summed E-state index contributed by atoms with van der Waals surface area (Å²) in [5.74, 6) is 0.645. The van der Waals surface area contributed by atoms with E-state index in [0.29, 0.717) is 6.54 Å². The third-order valence-electron chi connectivity index (χ3n) is 7.77. The topological polar surface area (TPSA) is 79.5 Å². The van der Waals surface area contributed by atoms with Crippen LogP contribution in [-0.4, -0.2) is 25.1 Å². The summed E-state index contributed by atoms with van der Waals surface area (Å²) in [6.07, 6.45) is 6.38. The zero-order valence-corrected chi connectivity index (χ0v) is 19.5. The molecule has 2 saturated carbocycles. The molecule has 3 N–H and O–H groups in total. The van der Waals surface area contributed by atoms with Crippen molar-refractivity contribution in [3.8, 4) is 5.75 Å². The molecule has 1 spiro atoms. The van der Waals surface area contributed by atoms with Gasteiger partial charge in [-0.15, -0.1) is 0 Å². The van der Waals surface area contributed by atoms with Gasteiger partial charge in [-0.25, -0.2) is 9.18 Å². The van der Waals surface area contributed by atoms with Crippen LogP contribution in [0.15, 0.2) is 42.5 Å². The predicted octanol–water partition coefficient (Wildman–Crippen LogP) is 4.39. The number of methoxy groups -OCH3 is 1. The van der Waals surface area contributed by atoms with E-state index in [9.17, 15) is 14.0 Å². The lowest BCUT2D eigenvalue weighted by Crippen LogP contribution is -2.59. The number of nitrogens with one attached hydrogen (secondary N) is 3. The second-order valence-corrected chi connectivity index (χ2v) is 10.2. The van der Waals surface area contributed by atoms with Crippen molar-refractivity contribution in [2.45, 2.75) is 63.6 Å². The minimum absolute atomic E-state index is 0.0174. The molecule has 2 fully saturated rings. The molecule has 0 heterocycles. The van der Waals surface area contributed by atoms with Crippen LogP contribution in [0.2, 0.25) is 0 Å². The summed E-state index contributed by atoms with van der Waals surface area (Å²) in [4.78, 5) is 25.1. The van der Waals surface area contributed by atoms with Crippen LogP contribution in [0.1, 0.15) is 61.3 Å². The van der Waals surface area contributed by atoms with Gasteiger partial charge in [0.25, 0.3) is 0 Å². The van der Waals surface area contributed by atoms with E-state index in [1.165, 1.54) is 6.07 Å². The van der Waals surface area contributed by atoms with Gasteiger partial charge in [-0.2, -0.15) is 0 Å². The molecule has 2 aromatic rings. The average molecular weight is 466 g/mol. The number of amides is 3. The first-order chi connectivity index (χ1) is 16.4. The number of benzene rings is 2. The van der Waals surface area contributed by atoms with Crippen LogP contribution in [0.25, 0.3) is 0 Å². The molecule has 7 heteroatoms. The van der Waals surface area contributed by atoms with Gasteiger partial charge in [-0.05, 0) is 91.3 Å². The van der Waals surface area contributed by atoms with Gasteiger partial charge in [-0.1, -0.05) is 18.2 Å². The third-order valence-corrected chi connectivity index (χ3v) is 7.77. The van der Waals surface area contributed by atoms with E-state index in [2.05, 4.69) is 16.0 Å². The maximum Gasteiger partial charge on any atom is 0.315 e. The molecule has 0 aliphatic heterocycles. The van der Waals surface area contributed by atoms with E-state index >= 15 is 0 Å². The highest BCUT2D eigenvalue weighted by Crippen LogP contribution is 2.58. The lowest BCUT2D eigenvalue weighted by molar-refractivity contribution is -0.139. The number of carbonyl (C=O) groups excluding carboxylic acids is 2. The molecular weight excluding hydrogens is 433 g/mol. The molecule has 3 aliphatic rings. The molecule has 0 aromatic heterocycles. The van der Waals surface area contributed by atoms with Crippen molar-refractivity contribution in [3.05, 3.63) is 65.0 Å². The highest BCUT2D eigenvalue weighted by atomic mass is 19.1. The van der Waals surface area contributed by atoms with Crippen molar-refractivity contribution >= 4 is 11.9 Å². The first kappa shape index (κ1) is 22.7. The Balaban J connectivity index is 1.03. The Morgan fingerprint density at radius 2 is 1.82 bits per heavy atom. The molecule has 180 valence electrons. The van der Waals surface area contributed by atoms with Crippen molar-refractivity contribution < 1.29 is 18.7 Å². The first-order valence-electron chi connectivity index (χ1n) is 12.2. The van der Waals surface area contributed by atoms with E-state index in [1.54, 1.807) is 13.2 Å². The fraction of sp³-hybridized carbons (Fsp3) is 0.481. The Hall–Kier alpha value is -3.09. The zero-order chi connectivity index (χ0) is 23.7. The number of fused-ring (bicyclic) bond motifs is 1. The molecule has 6 nitrogen and oxygen atoms in total. The zero-order valence-electron chi connectivity index (χ0n) is 19.5. The molecule has 0 radical (unpaired) electrons.